The van der Waals surface area contributed by atoms with E-state index in [2.05, 4.69) is 10.8 Å². The maximum Gasteiger partial charge on any atom is 0.270 e. The van der Waals surface area contributed by atoms with Crippen molar-refractivity contribution >= 4 is 39.7 Å². The van der Waals surface area contributed by atoms with Crippen molar-refractivity contribution in [2.75, 3.05) is 12.4 Å². The van der Waals surface area contributed by atoms with Gasteiger partial charge in [-0.25, -0.2) is 0 Å². The van der Waals surface area contributed by atoms with Gasteiger partial charge in [0.2, 0.25) is 0 Å². The number of rotatable bonds is 4. The van der Waals surface area contributed by atoms with Gasteiger partial charge in [-0.2, -0.15) is 8.42 Å². The molecule has 10 heavy (non-hydrogen) atoms. The Bertz CT molecular complexity index is 173. The summed E-state index contributed by atoms with van der Waals surface area (Å²) >= 11 is 0. The number of hydrogen-bond donors (Lipinski definition) is 0. The van der Waals surface area contributed by atoms with Crippen molar-refractivity contribution in [1.82, 2.24) is 0 Å². The Morgan fingerprint density at radius 3 is 2.40 bits per heavy atom. The van der Waals surface area contributed by atoms with Crippen LogP contribution in [-0.4, -0.2) is 50.3 Å². The Kier molecular flexibility index (Phi) is 8.44. The zero-order valence-corrected chi connectivity index (χ0v) is 9.15. The number of hydrogen-bond acceptors (Lipinski definition) is 3. The molecule has 0 amide bonds. The summed E-state index contributed by atoms with van der Waals surface area (Å²) in [7, 11) is -3.30. The molecule has 0 aliphatic carbocycles. The van der Waals surface area contributed by atoms with Gasteiger partial charge in [0.05, 0.1) is 12.4 Å². The van der Waals surface area contributed by atoms with Crippen LogP contribution in [0.3, 0.4) is 0 Å². The first kappa shape index (κ1) is 13.3. The molecule has 0 aliphatic heterocycles. The quantitative estimate of drug-likeness (QED) is 0.345. The van der Waals surface area contributed by atoms with Gasteiger partial charge in [0.15, 0.2) is 0 Å². The van der Waals surface area contributed by atoms with Crippen LogP contribution in [0.5, 0.6) is 0 Å². The van der Waals surface area contributed by atoms with Crippen LogP contribution >= 0.6 is 0 Å². The second kappa shape index (κ2) is 6.37. The minimum atomic E-state index is -3.30. The van der Waals surface area contributed by atoms with Gasteiger partial charge >= 0.3 is 0 Å². The molecule has 0 aliphatic rings. The second-order valence-electron chi connectivity index (χ2n) is 1.42. The van der Waals surface area contributed by atoms with Crippen molar-refractivity contribution in [1.29, 1.82) is 0 Å². The van der Waals surface area contributed by atoms with Crippen LogP contribution < -0.4 is 0 Å². The predicted molar refractivity (Wildman–Crippen MR) is 41.4 cm³/mol. The van der Waals surface area contributed by atoms with E-state index in [1.807, 2.05) is 0 Å². The Balaban J connectivity index is 0. The van der Waals surface area contributed by atoms with E-state index in [0.29, 0.717) is 0 Å². The van der Waals surface area contributed by atoms with Gasteiger partial charge in [-0.05, 0) is 6.92 Å². The molecule has 0 saturated carbocycles. The molecular weight excluding hydrogens is 163 g/mol. The molecule has 3 nitrogen and oxygen atoms in total. The third kappa shape index (κ3) is 6.77. The van der Waals surface area contributed by atoms with E-state index >= 15 is 0 Å². The molecule has 0 aromatic rings. The first-order valence-electron chi connectivity index (χ1n) is 2.60. The standard InChI is InChI=1S/C5H10O3S.Na/c1-3-5-9(6,7)8-4-2;/h3H,1,4-5H2,2H3;. The average Bonchev–Trinajstić information content (AvgIpc) is 1.64. The fraction of sp³-hybridized carbons (Fsp3) is 0.600. The van der Waals surface area contributed by atoms with Gasteiger partial charge in [-0.1, -0.05) is 6.08 Å². The van der Waals surface area contributed by atoms with Crippen molar-refractivity contribution in [3.8, 4) is 0 Å². The van der Waals surface area contributed by atoms with Crippen LogP contribution in [0.25, 0.3) is 0 Å². The maximum atomic E-state index is 10.5. The van der Waals surface area contributed by atoms with Crippen molar-refractivity contribution in [2.45, 2.75) is 6.92 Å². The van der Waals surface area contributed by atoms with Crippen molar-refractivity contribution in [3.63, 3.8) is 0 Å². The topological polar surface area (TPSA) is 43.4 Å². The minimum absolute atomic E-state index is 0. The first-order valence-corrected chi connectivity index (χ1v) is 4.18. The van der Waals surface area contributed by atoms with E-state index in [4.69, 9.17) is 0 Å². The Labute approximate surface area is 83.9 Å². The smallest absolute Gasteiger partial charge is 0.270 e. The molecule has 55 valence electrons. The summed E-state index contributed by atoms with van der Waals surface area (Å²) < 4.78 is 25.4. The molecule has 0 aromatic heterocycles. The molecule has 0 unspecified atom stereocenters. The third-order valence-electron chi connectivity index (χ3n) is 0.619. The molecular formula is C5H10NaO3S. The summed E-state index contributed by atoms with van der Waals surface area (Å²) in [5.74, 6) is -0.110. The van der Waals surface area contributed by atoms with Gasteiger partial charge < -0.3 is 0 Å². The molecule has 0 fully saturated rings. The van der Waals surface area contributed by atoms with E-state index < -0.39 is 10.1 Å². The van der Waals surface area contributed by atoms with Crippen LogP contribution in [-0.2, 0) is 14.3 Å². The first-order chi connectivity index (χ1) is 4.12. The van der Waals surface area contributed by atoms with E-state index in [1.165, 1.54) is 6.08 Å². The van der Waals surface area contributed by atoms with E-state index in [-0.39, 0.29) is 41.9 Å². The normalized spacial score (nSPS) is 10.1. The van der Waals surface area contributed by atoms with Gasteiger partial charge in [-0.15, -0.1) is 6.58 Å². The van der Waals surface area contributed by atoms with E-state index in [9.17, 15) is 8.42 Å². The fourth-order valence-corrected chi connectivity index (χ4v) is 1.12. The molecule has 0 N–H and O–H groups in total. The molecule has 0 saturated heterocycles. The van der Waals surface area contributed by atoms with Gasteiger partial charge in [-0.3, -0.25) is 4.18 Å². The van der Waals surface area contributed by atoms with E-state index in [1.54, 1.807) is 6.92 Å². The largest absolute Gasteiger partial charge is 0.270 e. The van der Waals surface area contributed by atoms with Crippen molar-refractivity contribution in [2.24, 2.45) is 0 Å². The van der Waals surface area contributed by atoms with Crippen LogP contribution in [0.1, 0.15) is 6.92 Å². The molecule has 0 spiro atoms. The predicted octanol–water partition coefficient (Wildman–Crippen LogP) is 0.158. The average molecular weight is 173 g/mol. The van der Waals surface area contributed by atoms with Crippen LogP contribution in [0.2, 0.25) is 0 Å². The molecule has 1 radical (unpaired) electrons. The SMILES string of the molecule is C=CCS(=O)(=O)OCC.[Na]. The maximum absolute atomic E-state index is 10.5. The van der Waals surface area contributed by atoms with Gasteiger partial charge in [0.25, 0.3) is 10.1 Å². The third-order valence-corrected chi connectivity index (χ3v) is 1.86. The Hall–Kier alpha value is 0.650. The molecule has 0 aromatic carbocycles. The van der Waals surface area contributed by atoms with Crippen LogP contribution in [0.4, 0.5) is 0 Å². The summed E-state index contributed by atoms with van der Waals surface area (Å²) in [4.78, 5) is 0. The summed E-state index contributed by atoms with van der Waals surface area (Å²) in [6.45, 7) is 5.09. The molecule has 0 heterocycles. The fourth-order valence-electron chi connectivity index (χ4n) is 0.372. The molecule has 0 bridgehead atoms. The zero-order valence-electron chi connectivity index (χ0n) is 6.33. The van der Waals surface area contributed by atoms with Crippen molar-refractivity contribution < 1.29 is 12.6 Å². The van der Waals surface area contributed by atoms with E-state index in [0.717, 1.165) is 0 Å². The van der Waals surface area contributed by atoms with Gasteiger partial charge in [0, 0.05) is 29.6 Å². The summed E-state index contributed by atoms with van der Waals surface area (Å²) in [5, 5.41) is 0. The summed E-state index contributed by atoms with van der Waals surface area (Å²) in [5.41, 5.74) is 0. The summed E-state index contributed by atoms with van der Waals surface area (Å²) in [6.07, 6.45) is 1.30. The second-order valence-corrected chi connectivity index (χ2v) is 3.10. The summed E-state index contributed by atoms with van der Waals surface area (Å²) in [6, 6.07) is 0. The molecule has 0 rings (SSSR count). The zero-order chi connectivity index (χ0) is 7.33. The molecule has 0 atom stereocenters. The Morgan fingerprint density at radius 2 is 2.10 bits per heavy atom. The van der Waals surface area contributed by atoms with Crippen molar-refractivity contribution in [3.05, 3.63) is 12.7 Å². The van der Waals surface area contributed by atoms with Gasteiger partial charge in [0.1, 0.15) is 0 Å². The Morgan fingerprint density at radius 1 is 1.60 bits per heavy atom. The van der Waals surface area contributed by atoms with Crippen LogP contribution in [0, 0.1) is 0 Å². The minimum Gasteiger partial charge on any atom is -0.270 e. The molecule has 5 heteroatoms. The monoisotopic (exact) mass is 173 g/mol. The van der Waals surface area contributed by atoms with Crippen LogP contribution in [0.15, 0.2) is 12.7 Å².